The van der Waals surface area contributed by atoms with Crippen LogP contribution < -0.4 is 4.74 Å². The Morgan fingerprint density at radius 3 is 2.10 bits per heavy atom. The second-order valence-electron chi connectivity index (χ2n) is 7.01. The van der Waals surface area contributed by atoms with Crippen molar-refractivity contribution in [1.82, 2.24) is 0 Å². The summed E-state index contributed by atoms with van der Waals surface area (Å²) < 4.78 is 5.83. The molecule has 0 radical (unpaired) electrons. The van der Waals surface area contributed by atoms with Gasteiger partial charge in [-0.3, -0.25) is 0 Å². The van der Waals surface area contributed by atoms with E-state index in [0.29, 0.717) is 17.9 Å². The summed E-state index contributed by atoms with van der Waals surface area (Å²) in [6, 6.07) is 18.8. The molecule has 1 nitrogen and oxygen atoms in total. The maximum atomic E-state index is 5.83. The van der Waals surface area contributed by atoms with Crippen molar-refractivity contribution in [3.63, 3.8) is 0 Å². The first-order chi connectivity index (χ1) is 9.94. The van der Waals surface area contributed by atoms with Crippen molar-refractivity contribution < 1.29 is 4.74 Å². The topological polar surface area (TPSA) is 9.23 Å². The Hall–Kier alpha value is -1.76. The van der Waals surface area contributed by atoms with Crippen molar-refractivity contribution in [2.24, 2.45) is 5.41 Å². The van der Waals surface area contributed by atoms with Crippen LogP contribution in [-0.2, 0) is 6.61 Å². The van der Waals surface area contributed by atoms with Gasteiger partial charge in [0.1, 0.15) is 12.4 Å². The highest BCUT2D eigenvalue weighted by atomic mass is 16.5. The van der Waals surface area contributed by atoms with E-state index >= 15 is 0 Å². The summed E-state index contributed by atoms with van der Waals surface area (Å²) in [6.45, 7) is 9.80. The van der Waals surface area contributed by atoms with Gasteiger partial charge in [-0.1, -0.05) is 70.2 Å². The van der Waals surface area contributed by atoms with Gasteiger partial charge in [0.15, 0.2) is 0 Å². The first kappa shape index (κ1) is 15.6. The number of benzene rings is 2. The molecule has 0 heterocycles. The van der Waals surface area contributed by atoms with Gasteiger partial charge in [-0.05, 0) is 41.0 Å². The minimum atomic E-state index is 0.363. The summed E-state index contributed by atoms with van der Waals surface area (Å²) >= 11 is 0. The van der Waals surface area contributed by atoms with Crippen LogP contribution in [0.15, 0.2) is 54.6 Å². The Balaban J connectivity index is 1.93. The molecule has 0 N–H and O–H groups in total. The minimum Gasteiger partial charge on any atom is -0.489 e. The average Bonchev–Trinajstić information content (AvgIpc) is 2.45. The lowest BCUT2D eigenvalue weighted by atomic mass is 9.82. The molecule has 2 rings (SSSR count). The average molecular weight is 282 g/mol. The van der Waals surface area contributed by atoms with Crippen LogP contribution in [0.1, 0.15) is 51.2 Å². The fraction of sp³-hybridized carbons (Fsp3) is 0.400. The maximum absolute atomic E-state index is 5.83. The molecule has 0 amide bonds. The second-order valence-corrected chi connectivity index (χ2v) is 7.01. The van der Waals surface area contributed by atoms with E-state index in [1.165, 1.54) is 17.5 Å². The van der Waals surface area contributed by atoms with Gasteiger partial charge in [0.05, 0.1) is 0 Å². The first-order valence-corrected chi connectivity index (χ1v) is 7.71. The fourth-order valence-electron chi connectivity index (χ4n) is 2.67. The van der Waals surface area contributed by atoms with E-state index in [0.717, 1.165) is 5.75 Å². The summed E-state index contributed by atoms with van der Waals surface area (Å²) in [7, 11) is 0. The minimum absolute atomic E-state index is 0.363. The van der Waals surface area contributed by atoms with Gasteiger partial charge in [-0.2, -0.15) is 0 Å². The largest absolute Gasteiger partial charge is 0.489 e. The lowest BCUT2D eigenvalue weighted by molar-refractivity contribution is 0.306. The van der Waals surface area contributed by atoms with Crippen LogP contribution in [0, 0.1) is 5.41 Å². The van der Waals surface area contributed by atoms with E-state index in [1.54, 1.807) is 0 Å². The van der Waals surface area contributed by atoms with Gasteiger partial charge < -0.3 is 4.74 Å². The first-order valence-electron chi connectivity index (χ1n) is 7.71. The molecule has 0 saturated heterocycles. The highest BCUT2D eigenvalue weighted by molar-refractivity contribution is 5.29. The van der Waals surface area contributed by atoms with E-state index < -0.39 is 0 Å². The molecule has 0 spiro atoms. The van der Waals surface area contributed by atoms with Crippen molar-refractivity contribution in [3.8, 4) is 5.75 Å². The highest BCUT2D eigenvalue weighted by Gasteiger charge is 2.16. The summed E-state index contributed by atoms with van der Waals surface area (Å²) in [5.74, 6) is 1.51. The van der Waals surface area contributed by atoms with Gasteiger partial charge in [0.2, 0.25) is 0 Å². The van der Waals surface area contributed by atoms with Gasteiger partial charge in [-0.15, -0.1) is 0 Å². The Morgan fingerprint density at radius 2 is 1.52 bits per heavy atom. The molecular weight excluding hydrogens is 256 g/mol. The monoisotopic (exact) mass is 282 g/mol. The molecule has 0 aliphatic carbocycles. The van der Waals surface area contributed by atoms with E-state index in [-0.39, 0.29) is 0 Å². The molecule has 1 unspecified atom stereocenters. The van der Waals surface area contributed by atoms with Crippen LogP contribution in [0.3, 0.4) is 0 Å². The third-order valence-electron chi connectivity index (χ3n) is 3.62. The van der Waals surface area contributed by atoms with Crippen LogP contribution >= 0.6 is 0 Å². The summed E-state index contributed by atoms with van der Waals surface area (Å²) in [5, 5.41) is 0. The van der Waals surface area contributed by atoms with E-state index in [1.807, 2.05) is 18.2 Å². The van der Waals surface area contributed by atoms with Gasteiger partial charge >= 0.3 is 0 Å². The summed E-state index contributed by atoms with van der Waals surface area (Å²) in [4.78, 5) is 0. The molecule has 112 valence electrons. The van der Waals surface area contributed by atoms with Crippen molar-refractivity contribution >= 4 is 0 Å². The van der Waals surface area contributed by atoms with Crippen LogP contribution in [0.2, 0.25) is 0 Å². The predicted molar refractivity (Wildman–Crippen MR) is 89.7 cm³/mol. The Kier molecular flexibility index (Phi) is 5.06. The zero-order valence-electron chi connectivity index (χ0n) is 13.6. The molecule has 1 atom stereocenters. The molecule has 1 heteroatoms. The zero-order chi connectivity index (χ0) is 15.3. The summed E-state index contributed by atoms with van der Waals surface area (Å²) in [5.41, 5.74) is 2.95. The molecule has 0 saturated carbocycles. The number of hydrogen-bond donors (Lipinski definition) is 0. The van der Waals surface area contributed by atoms with Crippen LogP contribution in [-0.4, -0.2) is 0 Å². The Morgan fingerprint density at radius 1 is 0.905 bits per heavy atom. The second kappa shape index (κ2) is 6.80. The summed E-state index contributed by atoms with van der Waals surface area (Å²) in [6.07, 6.45) is 1.19. The molecule has 0 aliphatic heterocycles. The standard InChI is InChI=1S/C20H26O/c1-16(14-20(2,3)4)18-10-12-19(13-11-18)21-15-17-8-6-5-7-9-17/h5-13,16H,14-15H2,1-4H3. The number of ether oxygens (including phenoxy) is 1. The van der Waals surface area contributed by atoms with E-state index in [4.69, 9.17) is 4.74 Å². The quantitative estimate of drug-likeness (QED) is 0.673. The predicted octanol–water partition coefficient (Wildman–Crippen LogP) is 5.81. The normalized spacial score (nSPS) is 13.0. The van der Waals surface area contributed by atoms with Gasteiger partial charge in [0, 0.05) is 0 Å². The van der Waals surface area contributed by atoms with Crippen molar-refractivity contribution in [2.75, 3.05) is 0 Å². The SMILES string of the molecule is CC(CC(C)(C)C)c1ccc(OCc2ccccc2)cc1. The molecule has 2 aromatic carbocycles. The molecular formula is C20H26O. The van der Waals surface area contributed by atoms with Crippen LogP contribution in [0.25, 0.3) is 0 Å². The molecule has 0 bridgehead atoms. The third kappa shape index (κ3) is 5.26. The lowest BCUT2D eigenvalue weighted by Crippen LogP contribution is -2.09. The maximum Gasteiger partial charge on any atom is 0.119 e. The lowest BCUT2D eigenvalue weighted by Gasteiger charge is -2.23. The van der Waals surface area contributed by atoms with Crippen molar-refractivity contribution in [3.05, 3.63) is 65.7 Å². The van der Waals surface area contributed by atoms with E-state index in [2.05, 4.69) is 64.1 Å². The molecule has 0 aromatic heterocycles. The Labute approximate surface area is 129 Å². The number of rotatable bonds is 5. The van der Waals surface area contributed by atoms with Crippen LogP contribution in [0.4, 0.5) is 0 Å². The molecule has 21 heavy (non-hydrogen) atoms. The molecule has 0 aliphatic rings. The van der Waals surface area contributed by atoms with Crippen LogP contribution in [0.5, 0.6) is 5.75 Å². The van der Waals surface area contributed by atoms with Crippen molar-refractivity contribution in [2.45, 2.75) is 46.6 Å². The zero-order valence-corrected chi connectivity index (χ0v) is 13.6. The fourth-order valence-corrected chi connectivity index (χ4v) is 2.67. The third-order valence-corrected chi connectivity index (χ3v) is 3.62. The molecule has 0 fully saturated rings. The Bertz CT molecular complexity index is 534. The van der Waals surface area contributed by atoms with Crippen molar-refractivity contribution in [1.29, 1.82) is 0 Å². The molecule has 2 aromatic rings. The van der Waals surface area contributed by atoms with E-state index in [9.17, 15) is 0 Å². The van der Waals surface area contributed by atoms with Gasteiger partial charge in [0.25, 0.3) is 0 Å². The van der Waals surface area contributed by atoms with Gasteiger partial charge in [-0.25, -0.2) is 0 Å². The number of hydrogen-bond acceptors (Lipinski definition) is 1. The smallest absolute Gasteiger partial charge is 0.119 e. The highest BCUT2D eigenvalue weighted by Crippen LogP contribution is 2.31.